The van der Waals surface area contributed by atoms with Crippen molar-refractivity contribution in [1.82, 2.24) is 15.2 Å². The molecule has 6 rings (SSSR count). The molecule has 1 saturated heterocycles. The van der Waals surface area contributed by atoms with Crippen LogP contribution in [0.3, 0.4) is 0 Å². The molecule has 0 unspecified atom stereocenters. The predicted octanol–water partition coefficient (Wildman–Crippen LogP) is 6.29. The number of hydrogen-bond acceptors (Lipinski definition) is 4. The van der Waals surface area contributed by atoms with E-state index in [1.54, 1.807) is 25.1 Å². The number of nitrogens with zero attached hydrogens (tertiary/aromatic N) is 3. The second kappa shape index (κ2) is 10.1. The summed E-state index contributed by atoms with van der Waals surface area (Å²) in [6, 6.07) is 27.4. The number of fused-ring (bicyclic) bond motifs is 1. The lowest BCUT2D eigenvalue weighted by molar-refractivity contribution is -0.140. The van der Waals surface area contributed by atoms with Gasteiger partial charge in [0.2, 0.25) is 0 Å². The van der Waals surface area contributed by atoms with Gasteiger partial charge in [-0.25, -0.2) is 9.80 Å². The van der Waals surface area contributed by atoms with E-state index in [1.807, 2.05) is 66.7 Å². The minimum absolute atomic E-state index is 0.260. The Labute approximate surface area is 241 Å². The van der Waals surface area contributed by atoms with Crippen LogP contribution in [0.5, 0.6) is 0 Å². The van der Waals surface area contributed by atoms with Crippen molar-refractivity contribution in [3.8, 4) is 0 Å². The number of benzene rings is 4. The Morgan fingerprint density at radius 3 is 2.40 bits per heavy atom. The molecule has 1 fully saturated rings. The van der Waals surface area contributed by atoms with Gasteiger partial charge in [-0.1, -0.05) is 96.0 Å². The molecule has 4 amide bonds. The number of imide groups is 1. The zero-order chi connectivity index (χ0) is 28.0. The lowest BCUT2D eigenvalue weighted by Gasteiger charge is -2.25. The molecule has 200 valence electrons. The molecule has 2 aliphatic rings. The van der Waals surface area contributed by atoms with Crippen molar-refractivity contribution in [3.05, 3.63) is 118 Å². The highest BCUT2D eigenvalue weighted by atomic mass is 35.5. The van der Waals surface area contributed by atoms with Crippen LogP contribution in [-0.4, -0.2) is 40.0 Å². The molecule has 0 aliphatic carbocycles. The van der Waals surface area contributed by atoms with Crippen LogP contribution in [0.15, 0.2) is 96.1 Å². The van der Waals surface area contributed by atoms with E-state index in [-0.39, 0.29) is 11.1 Å². The van der Waals surface area contributed by atoms with Crippen LogP contribution >= 0.6 is 23.2 Å². The SMILES string of the molecule is C[C@]1(c2ccc(Cl)c(Cl)c2)NC(=O)N(CC(=O)N2N=C(c3ccc4ccccc4c3)C[C@H]2c2ccccc2)C1=O. The zero-order valence-electron chi connectivity index (χ0n) is 21.5. The maximum Gasteiger partial charge on any atom is 0.325 e. The van der Waals surface area contributed by atoms with Gasteiger partial charge in [-0.2, -0.15) is 5.10 Å². The van der Waals surface area contributed by atoms with E-state index in [0.29, 0.717) is 17.0 Å². The first-order valence-electron chi connectivity index (χ1n) is 12.8. The Balaban J connectivity index is 1.30. The number of urea groups is 1. The summed E-state index contributed by atoms with van der Waals surface area (Å²) in [5.74, 6) is -1.02. The molecule has 0 aromatic heterocycles. The normalized spacial score (nSPS) is 20.7. The molecule has 9 heteroatoms. The van der Waals surface area contributed by atoms with Crippen molar-refractivity contribution in [2.45, 2.75) is 24.9 Å². The maximum absolute atomic E-state index is 13.7. The summed E-state index contributed by atoms with van der Waals surface area (Å²) in [6.45, 7) is 1.12. The van der Waals surface area contributed by atoms with Crippen molar-refractivity contribution in [1.29, 1.82) is 0 Å². The fourth-order valence-corrected chi connectivity index (χ4v) is 5.57. The van der Waals surface area contributed by atoms with Gasteiger partial charge >= 0.3 is 6.03 Å². The molecule has 0 bridgehead atoms. The molecule has 1 N–H and O–H groups in total. The minimum Gasteiger partial charge on any atom is -0.319 e. The van der Waals surface area contributed by atoms with E-state index in [1.165, 1.54) is 5.01 Å². The van der Waals surface area contributed by atoms with Crippen LogP contribution in [0, 0.1) is 0 Å². The van der Waals surface area contributed by atoms with E-state index in [9.17, 15) is 14.4 Å². The largest absolute Gasteiger partial charge is 0.325 e. The molecule has 4 aromatic carbocycles. The van der Waals surface area contributed by atoms with E-state index >= 15 is 0 Å². The highest BCUT2D eigenvalue weighted by Gasteiger charge is 2.50. The third-order valence-corrected chi connectivity index (χ3v) is 8.24. The molecular weight excluding hydrogens is 547 g/mol. The van der Waals surface area contributed by atoms with Crippen LogP contribution in [0.25, 0.3) is 10.8 Å². The highest BCUT2D eigenvalue weighted by Crippen LogP contribution is 2.36. The first-order chi connectivity index (χ1) is 19.2. The van der Waals surface area contributed by atoms with Gasteiger partial charge in [-0.3, -0.25) is 14.5 Å². The molecule has 2 heterocycles. The molecule has 0 radical (unpaired) electrons. The second-order valence-electron chi connectivity index (χ2n) is 10.1. The number of carbonyl (C=O) groups is 3. The van der Waals surface area contributed by atoms with Gasteiger partial charge in [-0.15, -0.1) is 0 Å². The van der Waals surface area contributed by atoms with Crippen LogP contribution in [0.2, 0.25) is 10.0 Å². The average Bonchev–Trinajstić information content (AvgIpc) is 3.51. The number of nitrogens with one attached hydrogen (secondary N) is 1. The van der Waals surface area contributed by atoms with Gasteiger partial charge in [0.25, 0.3) is 11.8 Å². The summed E-state index contributed by atoms with van der Waals surface area (Å²) < 4.78 is 0. The summed E-state index contributed by atoms with van der Waals surface area (Å²) in [5, 5.41) is 11.6. The van der Waals surface area contributed by atoms with Crippen molar-refractivity contribution in [2.75, 3.05) is 6.54 Å². The molecule has 0 spiro atoms. The first-order valence-corrected chi connectivity index (χ1v) is 13.5. The summed E-state index contributed by atoms with van der Waals surface area (Å²) in [4.78, 5) is 41.1. The van der Waals surface area contributed by atoms with E-state index in [0.717, 1.165) is 32.5 Å². The van der Waals surface area contributed by atoms with Gasteiger partial charge in [0.1, 0.15) is 12.1 Å². The van der Waals surface area contributed by atoms with Crippen LogP contribution in [-0.2, 0) is 15.1 Å². The fourth-order valence-electron chi connectivity index (χ4n) is 5.27. The van der Waals surface area contributed by atoms with Crippen molar-refractivity contribution >= 4 is 57.5 Å². The van der Waals surface area contributed by atoms with Crippen molar-refractivity contribution in [3.63, 3.8) is 0 Å². The maximum atomic E-state index is 13.7. The Morgan fingerprint density at radius 2 is 1.65 bits per heavy atom. The van der Waals surface area contributed by atoms with Crippen molar-refractivity contribution < 1.29 is 14.4 Å². The van der Waals surface area contributed by atoms with Gasteiger partial charge in [0, 0.05) is 6.42 Å². The predicted molar refractivity (Wildman–Crippen MR) is 155 cm³/mol. The summed E-state index contributed by atoms with van der Waals surface area (Å²) >= 11 is 12.2. The Kier molecular flexibility index (Phi) is 6.56. The van der Waals surface area contributed by atoms with Crippen LogP contribution in [0.1, 0.15) is 36.1 Å². The van der Waals surface area contributed by atoms with Crippen LogP contribution < -0.4 is 5.32 Å². The lowest BCUT2D eigenvalue weighted by Crippen LogP contribution is -2.43. The summed E-state index contributed by atoms with van der Waals surface area (Å²) in [7, 11) is 0. The lowest BCUT2D eigenvalue weighted by atomic mass is 9.92. The van der Waals surface area contributed by atoms with Gasteiger partial charge in [0.05, 0.1) is 21.8 Å². The Morgan fingerprint density at radius 1 is 0.925 bits per heavy atom. The number of amides is 4. The Hall–Kier alpha value is -4.20. The number of rotatable bonds is 5. The Bertz CT molecular complexity index is 1710. The molecular formula is C31H24Cl2N4O3. The third kappa shape index (κ3) is 4.51. The van der Waals surface area contributed by atoms with Crippen molar-refractivity contribution in [2.24, 2.45) is 5.10 Å². The first kappa shape index (κ1) is 26.0. The molecule has 2 aliphatic heterocycles. The number of halogens is 2. The molecule has 7 nitrogen and oxygen atoms in total. The quantitative estimate of drug-likeness (QED) is 0.286. The topological polar surface area (TPSA) is 82.1 Å². The van der Waals surface area contributed by atoms with Crippen LogP contribution in [0.4, 0.5) is 4.79 Å². The van der Waals surface area contributed by atoms with E-state index in [4.69, 9.17) is 28.3 Å². The fraction of sp³-hybridized carbons (Fsp3) is 0.161. The average molecular weight is 571 g/mol. The summed E-state index contributed by atoms with van der Waals surface area (Å²) in [5.41, 5.74) is 1.65. The molecule has 2 atom stereocenters. The monoisotopic (exact) mass is 570 g/mol. The standard InChI is InChI=1S/C31H24Cl2N4O3/c1-31(23-13-14-24(32)25(33)16-23)29(39)36(30(40)34-31)18-28(38)37-27(20-8-3-2-4-9-20)17-26(35-37)22-12-11-19-7-5-6-10-21(19)15-22/h2-16,27H,17-18H2,1H3,(H,34,40)/t27-,31+/m0/s1. The second-order valence-corrected chi connectivity index (χ2v) is 10.9. The molecule has 40 heavy (non-hydrogen) atoms. The highest BCUT2D eigenvalue weighted by molar-refractivity contribution is 6.42. The molecule has 0 saturated carbocycles. The number of hydrazone groups is 1. The zero-order valence-corrected chi connectivity index (χ0v) is 23.0. The number of hydrogen-bond donors (Lipinski definition) is 1. The van der Waals surface area contributed by atoms with Gasteiger partial charge < -0.3 is 5.32 Å². The van der Waals surface area contributed by atoms with Gasteiger partial charge in [-0.05, 0) is 52.6 Å². The summed E-state index contributed by atoms with van der Waals surface area (Å²) in [6.07, 6.45) is 0.495. The smallest absolute Gasteiger partial charge is 0.319 e. The van der Waals surface area contributed by atoms with E-state index in [2.05, 4.69) is 11.4 Å². The van der Waals surface area contributed by atoms with Gasteiger partial charge in [0.15, 0.2) is 0 Å². The minimum atomic E-state index is -1.39. The number of carbonyl (C=O) groups excluding carboxylic acids is 3. The third-order valence-electron chi connectivity index (χ3n) is 7.50. The van der Waals surface area contributed by atoms with E-state index < -0.39 is 29.9 Å². The molecule has 4 aromatic rings.